The van der Waals surface area contributed by atoms with Gasteiger partial charge in [-0.1, -0.05) is 48.5 Å². The van der Waals surface area contributed by atoms with E-state index in [1.54, 1.807) is 31.4 Å². The third kappa shape index (κ3) is 2.61. The van der Waals surface area contributed by atoms with E-state index in [2.05, 4.69) is 0 Å². The molecule has 3 aliphatic rings. The molecule has 3 unspecified atom stereocenters. The Morgan fingerprint density at radius 1 is 0.939 bits per heavy atom. The van der Waals surface area contributed by atoms with Gasteiger partial charge in [0, 0.05) is 17.4 Å². The summed E-state index contributed by atoms with van der Waals surface area (Å²) in [6, 6.07) is 24.4. The average Bonchev–Trinajstić information content (AvgIpc) is 3.24. The Balaban J connectivity index is 1.53. The Morgan fingerprint density at radius 3 is 2.36 bits per heavy atom. The molecular formula is C27H24N2O4. The molecule has 3 amide bonds. The zero-order chi connectivity index (χ0) is 22.7. The third-order valence-corrected chi connectivity index (χ3v) is 7.41. The lowest BCUT2D eigenvalue weighted by atomic mass is 9.73. The van der Waals surface area contributed by atoms with Crippen LogP contribution in [0.15, 0.2) is 78.9 Å². The van der Waals surface area contributed by atoms with Crippen LogP contribution in [0.1, 0.15) is 30.0 Å². The van der Waals surface area contributed by atoms with E-state index in [0.717, 1.165) is 16.9 Å². The van der Waals surface area contributed by atoms with Crippen LogP contribution in [0.3, 0.4) is 0 Å². The molecule has 6 nitrogen and oxygen atoms in total. The van der Waals surface area contributed by atoms with E-state index in [9.17, 15) is 9.59 Å². The molecule has 6 heteroatoms. The number of anilines is 1. The number of methoxy groups -OCH3 is 1. The van der Waals surface area contributed by atoms with Crippen molar-refractivity contribution in [2.75, 3.05) is 18.6 Å². The SMILES string of the molecule is COc1ccc(N2C(=O)N3C4c5ccccc5OCC4C(c4ccccc4)[C@@]3(C)C2=O)cc1. The highest BCUT2D eigenvalue weighted by Gasteiger charge is 2.70. The summed E-state index contributed by atoms with van der Waals surface area (Å²) in [4.78, 5) is 31.2. The molecule has 0 aromatic heterocycles. The summed E-state index contributed by atoms with van der Waals surface area (Å²) in [5, 5.41) is 0. The number of carbonyl (C=O) groups excluding carboxylic acids is 2. The number of ether oxygens (including phenoxy) is 2. The van der Waals surface area contributed by atoms with Crippen LogP contribution < -0.4 is 14.4 Å². The van der Waals surface area contributed by atoms with E-state index in [1.165, 1.54) is 4.90 Å². The summed E-state index contributed by atoms with van der Waals surface area (Å²) >= 11 is 0. The van der Waals surface area contributed by atoms with Gasteiger partial charge < -0.3 is 14.4 Å². The Hall–Kier alpha value is -3.80. The van der Waals surface area contributed by atoms with Crippen LogP contribution in [-0.4, -0.2) is 36.1 Å². The Morgan fingerprint density at radius 2 is 1.64 bits per heavy atom. The molecule has 0 N–H and O–H groups in total. The minimum Gasteiger partial charge on any atom is -0.497 e. The molecule has 0 spiro atoms. The van der Waals surface area contributed by atoms with Crippen molar-refractivity contribution in [1.82, 2.24) is 4.90 Å². The van der Waals surface area contributed by atoms with Gasteiger partial charge in [0.05, 0.1) is 25.4 Å². The highest BCUT2D eigenvalue weighted by atomic mass is 16.5. The molecule has 33 heavy (non-hydrogen) atoms. The standard InChI is InChI=1S/C27H24N2O4/c1-27-23(17-8-4-3-5-9-17)21-16-33-22-11-7-6-10-20(22)24(21)29(27)26(31)28(25(27)30)18-12-14-19(32-2)15-13-18/h3-15,21,23-24H,16H2,1-2H3/t21?,23?,24?,27-/m0/s1. The largest absolute Gasteiger partial charge is 0.497 e. The lowest BCUT2D eigenvalue weighted by molar-refractivity contribution is -0.124. The molecule has 6 rings (SSSR count). The van der Waals surface area contributed by atoms with Crippen molar-refractivity contribution in [2.24, 2.45) is 5.92 Å². The van der Waals surface area contributed by atoms with Crippen molar-refractivity contribution in [3.8, 4) is 11.5 Å². The second-order valence-corrected chi connectivity index (χ2v) is 8.98. The first-order chi connectivity index (χ1) is 16.1. The molecule has 3 aliphatic heterocycles. The molecule has 3 heterocycles. The minimum atomic E-state index is -1.03. The number of rotatable bonds is 3. The van der Waals surface area contributed by atoms with Crippen LogP contribution >= 0.6 is 0 Å². The van der Waals surface area contributed by atoms with Crippen LogP contribution in [0.4, 0.5) is 10.5 Å². The maximum Gasteiger partial charge on any atom is 0.332 e. The molecule has 2 saturated heterocycles. The third-order valence-electron chi connectivity index (χ3n) is 7.41. The van der Waals surface area contributed by atoms with Gasteiger partial charge in [-0.25, -0.2) is 9.69 Å². The number of para-hydroxylation sites is 1. The minimum absolute atomic E-state index is 0.0294. The van der Waals surface area contributed by atoms with E-state index in [4.69, 9.17) is 9.47 Å². The van der Waals surface area contributed by atoms with Crippen molar-refractivity contribution >= 4 is 17.6 Å². The van der Waals surface area contributed by atoms with Crippen LogP contribution in [-0.2, 0) is 4.79 Å². The lowest BCUT2D eigenvalue weighted by Gasteiger charge is -2.34. The van der Waals surface area contributed by atoms with E-state index in [-0.39, 0.29) is 29.8 Å². The number of hydrogen-bond donors (Lipinski definition) is 0. The first kappa shape index (κ1) is 19.9. The summed E-state index contributed by atoms with van der Waals surface area (Å²) in [5.74, 6) is 1.01. The summed E-state index contributed by atoms with van der Waals surface area (Å²) in [5.41, 5.74) is 1.51. The van der Waals surface area contributed by atoms with Gasteiger partial charge in [0.15, 0.2) is 0 Å². The second-order valence-electron chi connectivity index (χ2n) is 8.98. The van der Waals surface area contributed by atoms with Crippen molar-refractivity contribution in [3.05, 3.63) is 90.0 Å². The Bertz CT molecular complexity index is 1240. The highest BCUT2D eigenvalue weighted by Crippen LogP contribution is 2.61. The Labute approximate surface area is 192 Å². The molecule has 3 aromatic carbocycles. The number of hydrogen-bond acceptors (Lipinski definition) is 4. The van der Waals surface area contributed by atoms with E-state index < -0.39 is 5.54 Å². The van der Waals surface area contributed by atoms with E-state index >= 15 is 0 Å². The monoisotopic (exact) mass is 440 g/mol. The first-order valence-electron chi connectivity index (χ1n) is 11.1. The zero-order valence-corrected chi connectivity index (χ0v) is 18.5. The molecule has 166 valence electrons. The second kappa shape index (κ2) is 7.10. The fourth-order valence-corrected chi connectivity index (χ4v) is 5.99. The van der Waals surface area contributed by atoms with Crippen LogP contribution in [0, 0.1) is 5.92 Å². The number of carbonyl (C=O) groups is 2. The average molecular weight is 440 g/mol. The maximum absolute atomic E-state index is 14.1. The number of urea groups is 1. The summed E-state index contributed by atoms with van der Waals surface area (Å²) in [6.07, 6.45) is 0. The molecule has 2 fully saturated rings. The number of fused-ring (bicyclic) bond motifs is 5. The normalized spacial score (nSPS) is 27.6. The van der Waals surface area contributed by atoms with Crippen molar-refractivity contribution in [1.29, 1.82) is 0 Å². The van der Waals surface area contributed by atoms with Crippen LogP contribution in [0.2, 0.25) is 0 Å². The predicted molar refractivity (Wildman–Crippen MR) is 123 cm³/mol. The lowest BCUT2D eigenvalue weighted by Crippen LogP contribution is -2.46. The fourth-order valence-electron chi connectivity index (χ4n) is 5.99. The van der Waals surface area contributed by atoms with Gasteiger partial charge in [-0.3, -0.25) is 4.79 Å². The molecule has 0 saturated carbocycles. The Kier molecular flexibility index (Phi) is 4.27. The van der Waals surface area contributed by atoms with Crippen LogP contribution in [0.5, 0.6) is 11.5 Å². The van der Waals surface area contributed by atoms with Crippen molar-refractivity contribution < 1.29 is 19.1 Å². The van der Waals surface area contributed by atoms with E-state index in [0.29, 0.717) is 18.0 Å². The molecule has 3 aromatic rings. The zero-order valence-electron chi connectivity index (χ0n) is 18.5. The van der Waals surface area contributed by atoms with Gasteiger partial charge in [0.2, 0.25) is 0 Å². The quantitative estimate of drug-likeness (QED) is 0.551. The highest BCUT2D eigenvalue weighted by molar-refractivity contribution is 6.24. The van der Waals surface area contributed by atoms with Gasteiger partial charge in [0.25, 0.3) is 5.91 Å². The molecular weight excluding hydrogens is 416 g/mol. The smallest absolute Gasteiger partial charge is 0.332 e. The van der Waals surface area contributed by atoms with Gasteiger partial charge in [-0.15, -0.1) is 0 Å². The van der Waals surface area contributed by atoms with Gasteiger partial charge in [-0.05, 0) is 42.8 Å². The van der Waals surface area contributed by atoms with Gasteiger partial charge in [0.1, 0.15) is 17.0 Å². The van der Waals surface area contributed by atoms with Crippen LogP contribution in [0.25, 0.3) is 0 Å². The van der Waals surface area contributed by atoms with Gasteiger partial charge >= 0.3 is 6.03 Å². The summed E-state index contributed by atoms with van der Waals surface area (Å²) < 4.78 is 11.4. The first-order valence-corrected chi connectivity index (χ1v) is 11.1. The predicted octanol–water partition coefficient (Wildman–Crippen LogP) is 4.77. The molecule has 0 radical (unpaired) electrons. The molecule has 0 bridgehead atoms. The number of amides is 3. The summed E-state index contributed by atoms with van der Waals surface area (Å²) in [7, 11) is 1.59. The van der Waals surface area contributed by atoms with E-state index in [1.807, 2.05) is 66.4 Å². The summed E-state index contributed by atoms with van der Waals surface area (Å²) in [6.45, 7) is 2.37. The fraction of sp³-hybridized carbons (Fsp3) is 0.259. The topological polar surface area (TPSA) is 59.1 Å². The number of benzene rings is 3. The molecule has 4 atom stereocenters. The number of imide groups is 1. The number of nitrogens with zero attached hydrogens (tertiary/aromatic N) is 2. The van der Waals surface area contributed by atoms with Gasteiger partial charge in [-0.2, -0.15) is 0 Å². The maximum atomic E-state index is 14.1. The van der Waals surface area contributed by atoms with Crippen molar-refractivity contribution in [3.63, 3.8) is 0 Å². The van der Waals surface area contributed by atoms with Crippen molar-refractivity contribution in [2.45, 2.75) is 24.4 Å². The molecule has 0 aliphatic carbocycles.